The molecule has 7 nitrogen and oxygen atoms in total. The third kappa shape index (κ3) is 5.09. The Bertz CT molecular complexity index is 1130. The van der Waals surface area contributed by atoms with Gasteiger partial charge in [-0.2, -0.15) is 0 Å². The lowest BCUT2D eigenvalue weighted by molar-refractivity contribution is -0.118. The van der Waals surface area contributed by atoms with Crippen LogP contribution in [0, 0.1) is 5.82 Å². The lowest BCUT2D eigenvalue weighted by Gasteiger charge is -2.18. The van der Waals surface area contributed by atoms with Gasteiger partial charge in [0.1, 0.15) is 5.82 Å². The van der Waals surface area contributed by atoms with Crippen molar-refractivity contribution in [2.24, 2.45) is 0 Å². The average Bonchev–Trinajstić information content (AvgIpc) is 3.39. The molecule has 3 aromatic rings. The molecule has 0 bridgehead atoms. The highest BCUT2D eigenvalue weighted by atomic mass is 32.2. The van der Waals surface area contributed by atoms with Crippen molar-refractivity contribution < 1.29 is 17.6 Å². The first-order valence-corrected chi connectivity index (χ1v) is 12.1. The number of nitrogens with zero attached hydrogens (tertiary/aromatic N) is 2. The van der Waals surface area contributed by atoms with E-state index in [0.717, 1.165) is 5.56 Å². The fraction of sp³-hybridized carbons (Fsp3) is 0.238. The first kappa shape index (κ1) is 21.4. The molecule has 31 heavy (non-hydrogen) atoms. The summed E-state index contributed by atoms with van der Waals surface area (Å²) in [5, 5.41) is 5.24. The molecule has 2 N–H and O–H groups in total. The number of rotatable bonds is 8. The number of carbonyl (C=O) groups excluding carboxylic acids is 1. The third-order valence-electron chi connectivity index (χ3n) is 5.04. The van der Waals surface area contributed by atoms with Gasteiger partial charge in [-0.25, -0.2) is 17.8 Å². The second kappa shape index (κ2) is 9.13. The molecule has 0 aliphatic carbocycles. The molecular weight excluding hydrogens is 439 g/mol. The molecule has 1 aliphatic heterocycles. The van der Waals surface area contributed by atoms with Crippen LogP contribution in [0.3, 0.4) is 0 Å². The largest absolute Gasteiger partial charge is 0.311 e. The van der Waals surface area contributed by atoms with E-state index >= 15 is 0 Å². The fourth-order valence-electron chi connectivity index (χ4n) is 3.42. The molecule has 1 aromatic heterocycles. The smallest absolute Gasteiger partial charge is 0.263 e. The molecule has 0 radical (unpaired) electrons. The van der Waals surface area contributed by atoms with Crippen molar-refractivity contribution in [3.8, 4) is 0 Å². The van der Waals surface area contributed by atoms with Crippen molar-refractivity contribution in [3.05, 3.63) is 71.5 Å². The third-order valence-corrected chi connectivity index (χ3v) is 7.21. The minimum Gasteiger partial charge on any atom is -0.311 e. The summed E-state index contributed by atoms with van der Waals surface area (Å²) in [5.74, 6) is -0.313. The summed E-state index contributed by atoms with van der Waals surface area (Å²) in [5.41, 5.74) is 1.65. The zero-order chi connectivity index (χ0) is 21.8. The van der Waals surface area contributed by atoms with Crippen molar-refractivity contribution in [2.75, 3.05) is 22.7 Å². The minimum absolute atomic E-state index is 0.0457. The van der Waals surface area contributed by atoms with Gasteiger partial charge in [0.15, 0.2) is 5.13 Å². The Kier molecular flexibility index (Phi) is 6.30. The number of anilines is 2. The topological polar surface area (TPSA) is 91.4 Å². The Morgan fingerprint density at radius 2 is 1.87 bits per heavy atom. The van der Waals surface area contributed by atoms with Gasteiger partial charge in [0.05, 0.1) is 10.9 Å². The van der Waals surface area contributed by atoms with Crippen molar-refractivity contribution in [1.82, 2.24) is 10.3 Å². The fourth-order valence-corrected chi connectivity index (χ4v) is 5.21. The van der Waals surface area contributed by atoms with Crippen LogP contribution in [0.5, 0.6) is 0 Å². The number of thiazole rings is 1. The number of hydrogen-bond donors (Lipinski definition) is 2. The summed E-state index contributed by atoms with van der Waals surface area (Å²) in [6.07, 6.45) is 2.88. The van der Waals surface area contributed by atoms with E-state index in [1.807, 2.05) is 0 Å². The second-order valence-electron chi connectivity index (χ2n) is 7.10. The summed E-state index contributed by atoms with van der Waals surface area (Å²) in [7, 11) is -3.73. The molecule has 1 fully saturated rings. The van der Waals surface area contributed by atoms with Crippen LogP contribution in [0.2, 0.25) is 0 Å². The molecular formula is C21H21FN4O3S2. The molecule has 2 aromatic carbocycles. The van der Waals surface area contributed by atoms with Crippen LogP contribution in [-0.4, -0.2) is 38.4 Å². The Morgan fingerprint density at radius 3 is 2.55 bits per heavy atom. The standard InChI is InChI=1S/C21H21FN4O3S2/c22-16-3-1-15(2-4-16)9-11-23-19-10-13-26(20(19)27)17-5-7-18(8-6-17)31(28,29)25-21-24-12-14-30-21/h1-8,12,14,19,23H,9-11,13H2,(H,24,25)/t19-/m0/s1. The van der Waals surface area contributed by atoms with Crippen LogP contribution in [0.4, 0.5) is 15.2 Å². The molecule has 0 saturated carbocycles. The molecule has 2 heterocycles. The second-order valence-corrected chi connectivity index (χ2v) is 9.68. The molecule has 0 spiro atoms. The van der Waals surface area contributed by atoms with Gasteiger partial charge in [-0.15, -0.1) is 11.3 Å². The van der Waals surface area contributed by atoms with Gasteiger partial charge in [-0.3, -0.25) is 9.52 Å². The summed E-state index contributed by atoms with van der Waals surface area (Å²) < 4.78 is 40.3. The van der Waals surface area contributed by atoms with E-state index in [1.165, 1.54) is 41.8 Å². The highest BCUT2D eigenvalue weighted by Crippen LogP contribution is 2.25. The average molecular weight is 461 g/mol. The van der Waals surface area contributed by atoms with Gasteiger partial charge < -0.3 is 10.2 Å². The number of sulfonamides is 1. The Hall–Kier alpha value is -2.82. The van der Waals surface area contributed by atoms with Crippen LogP contribution < -0.4 is 14.9 Å². The molecule has 1 aliphatic rings. The number of amides is 1. The summed E-state index contributed by atoms with van der Waals surface area (Å²) in [4.78, 5) is 18.4. The van der Waals surface area contributed by atoms with Crippen LogP contribution in [0.15, 0.2) is 65.0 Å². The van der Waals surface area contributed by atoms with E-state index in [4.69, 9.17) is 0 Å². The zero-order valence-corrected chi connectivity index (χ0v) is 18.1. The number of nitrogens with one attached hydrogen (secondary N) is 2. The van der Waals surface area contributed by atoms with Gasteiger partial charge in [-0.1, -0.05) is 12.1 Å². The first-order chi connectivity index (χ1) is 14.9. The van der Waals surface area contributed by atoms with Crippen LogP contribution >= 0.6 is 11.3 Å². The maximum atomic E-state index is 13.0. The van der Waals surface area contributed by atoms with Gasteiger partial charge in [-0.05, 0) is 61.3 Å². The van der Waals surface area contributed by atoms with E-state index < -0.39 is 10.0 Å². The predicted octanol–water partition coefficient (Wildman–Crippen LogP) is 3.02. The molecule has 4 rings (SSSR count). The normalized spacial score (nSPS) is 16.6. The molecule has 1 amide bonds. The number of carbonyl (C=O) groups is 1. The lowest BCUT2D eigenvalue weighted by atomic mass is 10.1. The van der Waals surface area contributed by atoms with Crippen LogP contribution in [0.1, 0.15) is 12.0 Å². The van der Waals surface area contributed by atoms with E-state index in [-0.39, 0.29) is 22.7 Å². The molecule has 1 saturated heterocycles. The summed E-state index contributed by atoms with van der Waals surface area (Å²) in [6.45, 7) is 1.16. The monoisotopic (exact) mass is 460 g/mol. The lowest BCUT2D eigenvalue weighted by Crippen LogP contribution is -2.39. The molecule has 162 valence electrons. The Labute approximate surface area is 184 Å². The zero-order valence-electron chi connectivity index (χ0n) is 16.5. The summed E-state index contributed by atoms with van der Waals surface area (Å²) >= 11 is 1.20. The highest BCUT2D eigenvalue weighted by Gasteiger charge is 2.32. The van der Waals surface area contributed by atoms with Crippen LogP contribution in [0.25, 0.3) is 0 Å². The Morgan fingerprint density at radius 1 is 1.13 bits per heavy atom. The van der Waals surface area contributed by atoms with Crippen molar-refractivity contribution in [2.45, 2.75) is 23.8 Å². The van der Waals surface area contributed by atoms with Gasteiger partial charge in [0.2, 0.25) is 5.91 Å². The van der Waals surface area contributed by atoms with Gasteiger partial charge in [0.25, 0.3) is 10.0 Å². The number of benzene rings is 2. The summed E-state index contributed by atoms with van der Waals surface area (Å²) in [6, 6.07) is 12.3. The molecule has 0 unspecified atom stereocenters. The molecule has 1 atom stereocenters. The van der Waals surface area contributed by atoms with E-state index in [0.29, 0.717) is 36.8 Å². The van der Waals surface area contributed by atoms with Crippen molar-refractivity contribution in [3.63, 3.8) is 0 Å². The van der Waals surface area contributed by atoms with E-state index in [9.17, 15) is 17.6 Å². The van der Waals surface area contributed by atoms with Gasteiger partial charge >= 0.3 is 0 Å². The van der Waals surface area contributed by atoms with Crippen molar-refractivity contribution in [1.29, 1.82) is 0 Å². The van der Waals surface area contributed by atoms with E-state index in [2.05, 4.69) is 15.0 Å². The number of hydrogen-bond acceptors (Lipinski definition) is 6. The maximum Gasteiger partial charge on any atom is 0.263 e. The van der Waals surface area contributed by atoms with Crippen molar-refractivity contribution >= 4 is 38.1 Å². The predicted molar refractivity (Wildman–Crippen MR) is 118 cm³/mol. The Balaban J connectivity index is 1.34. The van der Waals surface area contributed by atoms with E-state index in [1.54, 1.807) is 34.5 Å². The minimum atomic E-state index is -3.73. The first-order valence-electron chi connectivity index (χ1n) is 9.74. The van der Waals surface area contributed by atoms with Gasteiger partial charge in [0, 0.05) is 23.8 Å². The molecule has 10 heteroatoms. The maximum absolute atomic E-state index is 13.0. The highest BCUT2D eigenvalue weighted by molar-refractivity contribution is 7.93. The quantitative estimate of drug-likeness (QED) is 0.539. The number of aromatic nitrogens is 1. The SMILES string of the molecule is O=C1[C@@H](NCCc2ccc(F)cc2)CCN1c1ccc(S(=O)(=O)Nc2nccs2)cc1. The number of halogens is 1. The van der Waals surface area contributed by atoms with Crippen LogP contribution in [-0.2, 0) is 21.2 Å².